The van der Waals surface area contributed by atoms with Gasteiger partial charge in [0, 0.05) is 25.4 Å². The van der Waals surface area contributed by atoms with E-state index in [0.29, 0.717) is 6.10 Å². The Labute approximate surface area is 216 Å². The zero-order valence-electron chi connectivity index (χ0n) is 20.7. The van der Waals surface area contributed by atoms with Crippen LogP contribution in [0.4, 0.5) is 0 Å². The van der Waals surface area contributed by atoms with E-state index in [4.69, 9.17) is 9.72 Å². The smallest absolute Gasteiger partial charge is 0.157 e. The van der Waals surface area contributed by atoms with Crippen molar-refractivity contribution in [1.82, 2.24) is 19.4 Å². The van der Waals surface area contributed by atoms with Crippen molar-refractivity contribution in [2.24, 2.45) is 7.05 Å². The quantitative estimate of drug-likeness (QED) is 0.265. The molecule has 6 rings (SSSR count). The predicted molar refractivity (Wildman–Crippen MR) is 149 cm³/mol. The van der Waals surface area contributed by atoms with Gasteiger partial charge < -0.3 is 19.2 Å². The number of piperidine rings is 1. The first-order chi connectivity index (χ1) is 17.7. The number of nitrogens with zero attached hydrogens (tertiary/aromatic N) is 3. The van der Waals surface area contributed by atoms with Gasteiger partial charge in [0.1, 0.15) is 11.9 Å². The van der Waals surface area contributed by atoms with Gasteiger partial charge in [0.25, 0.3) is 0 Å². The minimum absolute atomic E-state index is 0.336. The molecule has 0 spiro atoms. The normalized spacial score (nSPS) is 14.5. The van der Waals surface area contributed by atoms with Crippen LogP contribution in [0.1, 0.15) is 24.8 Å². The van der Waals surface area contributed by atoms with Gasteiger partial charge in [0.05, 0.1) is 21.6 Å². The zero-order chi connectivity index (χ0) is 24.3. The van der Waals surface area contributed by atoms with E-state index >= 15 is 0 Å². The van der Waals surface area contributed by atoms with Crippen LogP contribution in [0, 0.1) is 0 Å². The lowest BCUT2D eigenvalue weighted by molar-refractivity contribution is 0.162. The topological polar surface area (TPSA) is 44.0 Å². The van der Waals surface area contributed by atoms with Crippen LogP contribution in [0.15, 0.2) is 78.3 Å². The van der Waals surface area contributed by atoms with E-state index in [0.717, 1.165) is 68.1 Å². The minimum atomic E-state index is 0.336. The van der Waals surface area contributed by atoms with Crippen molar-refractivity contribution in [3.05, 3.63) is 83.9 Å². The fraction of sp³-hybridized carbons (Fsp3) is 0.300. The monoisotopic (exact) mass is 496 g/mol. The molecule has 0 unspecified atom stereocenters. The number of hydrogen-bond acceptors (Lipinski definition) is 4. The van der Waals surface area contributed by atoms with Crippen molar-refractivity contribution in [2.45, 2.75) is 38.3 Å². The van der Waals surface area contributed by atoms with Gasteiger partial charge in [-0.1, -0.05) is 42.5 Å². The molecule has 1 fully saturated rings. The van der Waals surface area contributed by atoms with Crippen molar-refractivity contribution >= 4 is 21.6 Å². The second-order valence-corrected chi connectivity index (χ2v) is 10.5. The molecule has 36 heavy (non-hydrogen) atoms. The lowest BCUT2D eigenvalue weighted by Gasteiger charge is -2.23. The lowest BCUT2D eigenvalue weighted by atomic mass is 10.1. The molecular weight excluding hydrogens is 464 g/mol. The van der Waals surface area contributed by atoms with E-state index in [-0.39, 0.29) is 0 Å². The Hall–Kier alpha value is -3.35. The largest absolute Gasteiger partial charge is 0.490 e. The minimum Gasteiger partial charge on any atom is -0.490 e. The number of rotatable bonds is 8. The number of imidazole rings is 1. The number of benzene rings is 2. The van der Waals surface area contributed by atoms with Gasteiger partial charge in [-0.25, -0.2) is 4.98 Å². The van der Waals surface area contributed by atoms with E-state index in [1.165, 1.54) is 21.5 Å². The summed E-state index contributed by atoms with van der Waals surface area (Å²) >= 11 is 1.78. The average Bonchev–Trinajstić information content (AvgIpc) is 3.63. The fourth-order valence-corrected chi connectivity index (χ4v) is 5.95. The molecule has 5 aromatic rings. The number of thiophene rings is 1. The molecule has 1 N–H and O–H groups in total. The molecule has 0 aliphatic carbocycles. The average molecular weight is 497 g/mol. The number of aromatic nitrogens is 3. The first-order valence-corrected chi connectivity index (χ1v) is 13.7. The highest BCUT2D eigenvalue weighted by Gasteiger charge is 2.17. The summed E-state index contributed by atoms with van der Waals surface area (Å²) in [4.78, 5) is 5.10. The summed E-state index contributed by atoms with van der Waals surface area (Å²) in [5.74, 6) is 2.02. The molecule has 0 radical (unpaired) electrons. The van der Waals surface area contributed by atoms with Gasteiger partial charge in [-0.05, 0) is 74.0 Å². The highest BCUT2D eigenvalue weighted by molar-refractivity contribution is 7.17. The maximum absolute atomic E-state index is 6.17. The lowest BCUT2D eigenvalue weighted by Crippen LogP contribution is -2.34. The van der Waals surface area contributed by atoms with Gasteiger partial charge in [0.2, 0.25) is 0 Å². The molecule has 0 atom stereocenters. The van der Waals surface area contributed by atoms with E-state index in [2.05, 4.69) is 99.8 Å². The van der Waals surface area contributed by atoms with Crippen molar-refractivity contribution in [2.75, 3.05) is 13.1 Å². The summed E-state index contributed by atoms with van der Waals surface area (Å²) in [6.07, 6.45) is 6.78. The number of hydrogen-bond donors (Lipinski definition) is 1. The third-order valence-electron chi connectivity index (χ3n) is 7.12. The SMILES string of the molecule is Cn1c(-c2nc(-c3ccccc3)cn2CCCc2ccc(OC3CCNCC3)cc2)cc2sccc21. The molecule has 6 heteroatoms. The van der Waals surface area contributed by atoms with E-state index in [1.807, 2.05) is 0 Å². The van der Waals surface area contributed by atoms with Gasteiger partial charge in [-0.2, -0.15) is 0 Å². The highest BCUT2D eigenvalue weighted by Crippen LogP contribution is 2.32. The standard InChI is InChI=1S/C30H32N4OS/c1-33-27-15-19-36-29(27)20-28(33)30-32-26(23-7-3-2-4-8-23)21-34(30)18-5-6-22-9-11-24(12-10-22)35-25-13-16-31-17-14-25/h2-4,7-12,15,19-21,25,31H,5-6,13-14,16-18H2,1H3. The molecule has 0 saturated carbocycles. The fourth-order valence-electron chi connectivity index (χ4n) is 5.10. The Morgan fingerprint density at radius 1 is 1.03 bits per heavy atom. The van der Waals surface area contributed by atoms with E-state index < -0.39 is 0 Å². The Morgan fingerprint density at radius 2 is 1.83 bits per heavy atom. The highest BCUT2D eigenvalue weighted by atomic mass is 32.1. The maximum Gasteiger partial charge on any atom is 0.157 e. The Bertz CT molecular complexity index is 1430. The number of ether oxygens (including phenoxy) is 1. The number of aryl methyl sites for hydroxylation is 3. The van der Waals surface area contributed by atoms with Gasteiger partial charge in [-0.3, -0.25) is 0 Å². The zero-order valence-corrected chi connectivity index (χ0v) is 21.5. The molecular formula is C30H32N4OS. The summed E-state index contributed by atoms with van der Waals surface area (Å²) in [6.45, 7) is 3.01. The molecule has 0 amide bonds. The molecule has 1 aliphatic rings. The van der Waals surface area contributed by atoms with E-state index in [9.17, 15) is 0 Å². The summed E-state index contributed by atoms with van der Waals surface area (Å²) in [5, 5.41) is 5.54. The van der Waals surface area contributed by atoms with Gasteiger partial charge in [0.15, 0.2) is 5.82 Å². The number of fused-ring (bicyclic) bond motifs is 1. The molecule has 5 nitrogen and oxygen atoms in total. The van der Waals surface area contributed by atoms with Gasteiger partial charge >= 0.3 is 0 Å². The first kappa shape index (κ1) is 23.1. The van der Waals surface area contributed by atoms with Crippen LogP contribution in [0.3, 0.4) is 0 Å². The van der Waals surface area contributed by atoms with Crippen molar-refractivity contribution in [1.29, 1.82) is 0 Å². The van der Waals surface area contributed by atoms with Crippen molar-refractivity contribution in [3.8, 4) is 28.5 Å². The third kappa shape index (κ3) is 4.84. The van der Waals surface area contributed by atoms with Crippen LogP contribution in [-0.2, 0) is 20.0 Å². The Kier molecular flexibility index (Phi) is 6.62. The summed E-state index contributed by atoms with van der Waals surface area (Å²) in [7, 11) is 2.14. The third-order valence-corrected chi connectivity index (χ3v) is 7.97. The number of nitrogens with one attached hydrogen (secondary N) is 1. The van der Waals surface area contributed by atoms with Crippen LogP contribution < -0.4 is 10.1 Å². The second-order valence-electron chi connectivity index (χ2n) is 9.58. The molecule has 3 aromatic heterocycles. The van der Waals surface area contributed by atoms with Crippen LogP contribution in [0.2, 0.25) is 0 Å². The molecule has 0 bridgehead atoms. The molecule has 2 aromatic carbocycles. The Balaban J connectivity index is 1.18. The molecule has 1 saturated heterocycles. The summed E-state index contributed by atoms with van der Waals surface area (Å²) < 4.78 is 12.1. The first-order valence-electron chi connectivity index (χ1n) is 12.9. The second kappa shape index (κ2) is 10.3. The van der Waals surface area contributed by atoms with Crippen LogP contribution in [0.25, 0.3) is 33.0 Å². The van der Waals surface area contributed by atoms with Crippen LogP contribution in [0.5, 0.6) is 5.75 Å². The van der Waals surface area contributed by atoms with Crippen molar-refractivity contribution in [3.63, 3.8) is 0 Å². The Morgan fingerprint density at radius 3 is 2.61 bits per heavy atom. The molecule has 4 heterocycles. The maximum atomic E-state index is 6.17. The molecule has 1 aliphatic heterocycles. The summed E-state index contributed by atoms with van der Waals surface area (Å²) in [5.41, 5.74) is 5.94. The summed E-state index contributed by atoms with van der Waals surface area (Å²) in [6, 6.07) is 23.6. The predicted octanol–water partition coefficient (Wildman–Crippen LogP) is 6.53. The molecule has 184 valence electrons. The van der Waals surface area contributed by atoms with Gasteiger partial charge in [-0.15, -0.1) is 11.3 Å². The van der Waals surface area contributed by atoms with E-state index in [1.54, 1.807) is 11.3 Å². The van der Waals surface area contributed by atoms with Crippen LogP contribution in [-0.4, -0.2) is 33.3 Å². The van der Waals surface area contributed by atoms with Crippen molar-refractivity contribution < 1.29 is 4.74 Å². The van der Waals surface area contributed by atoms with Crippen LogP contribution >= 0.6 is 11.3 Å².